The summed E-state index contributed by atoms with van der Waals surface area (Å²) in [7, 11) is 0. The maximum atomic E-state index is 12.5. The van der Waals surface area contributed by atoms with E-state index in [1.165, 1.54) is 11.1 Å². The first-order valence-electron chi connectivity index (χ1n) is 10.3. The van der Waals surface area contributed by atoms with E-state index >= 15 is 0 Å². The third-order valence-corrected chi connectivity index (χ3v) is 5.66. The second-order valence-electron chi connectivity index (χ2n) is 7.82. The first-order valence-corrected chi connectivity index (χ1v) is 10.3. The average molecular weight is 388 g/mol. The van der Waals surface area contributed by atoms with Crippen molar-refractivity contribution in [1.29, 1.82) is 0 Å². The molecule has 0 bridgehead atoms. The second kappa shape index (κ2) is 7.66. The number of anilines is 1. The van der Waals surface area contributed by atoms with Crippen LogP contribution in [0.4, 0.5) is 5.69 Å². The van der Waals surface area contributed by atoms with Gasteiger partial charge in [0.1, 0.15) is 0 Å². The van der Waals surface area contributed by atoms with Gasteiger partial charge in [-0.05, 0) is 65.8 Å². The third kappa shape index (κ3) is 3.85. The predicted octanol–water partition coefficient (Wildman–Crippen LogP) is 3.28. The van der Waals surface area contributed by atoms with E-state index in [1.807, 2.05) is 35.0 Å². The van der Waals surface area contributed by atoms with Crippen molar-refractivity contribution in [1.82, 2.24) is 25.5 Å². The van der Waals surface area contributed by atoms with Gasteiger partial charge in [0.2, 0.25) is 5.91 Å². The molecule has 2 aliphatic carbocycles. The molecule has 0 unspecified atom stereocenters. The van der Waals surface area contributed by atoms with Crippen molar-refractivity contribution in [2.45, 2.75) is 44.2 Å². The van der Waals surface area contributed by atoms with Crippen LogP contribution in [-0.4, -0.2) is 32.7 Å². The Labute approximate surface area is 169 Å². The summed E-state index contributed by atoms with van der Waals surface area (Å²) in [5.41, 5.74) is 4.43. The van der Waals surface area contributed by atoms with Gasteiger partial charge >= 0.3 is 0 Å². The lowest BCUT2D eigenvalue weighted by molar-refractivity contribution is -0.120. The maximum Gasteiger partial charge on any atom is 0.239 e. The molecule has 5 rings (SSSR count). The van der Waals surface area contributed by atoms with Crippen molar-refractivity contribution in [3.63, 3.8) is 0 Å². The van der Waals surface area contributed by atoms with Crippen LogP contribution in [0.15, 0.2) is 48.5 Å². The molecule has 7 heteroatoms. The molecule has 0 aliphatic heterocycles. The number of rotatable bonds is 6. The molecule has 0 saturated heterocycles. The summed E-state index contributed by atoms with van der Waals surface area (Å²) >= 11 is 0. The van der Waals surface area contributed by atoms with Gasteiger partial charge in [-0.15, -0.1) is 5.10 Å². The van der Waals surface area contributed by atoms with E-state index in [4.69, 9.17) is 0 Å². The molecule has 2 aromatic carbocycles. The van der Waals surface area contributed by atoms with Crippen molar-refractivity contribution in [3.8, 4) is 11.4 Å². The fourth-order valence-corrected chi connectivity index (χ4v) is 4.05. The van der Waals surface area contributed by atoms with Crippen LogP contribution in [0.3, 0.4) is 0 Å². The van der Waals surface area contributed by atoms with Gasteiger partial charge in [-0.2, -0.15) is 0 Å². The highest BCUT2D eigenvalue weighted by molar-refractivity contribution is 5.81. The van der Waals surface area contributed by atoms with Crippen LogP contribution in [0.2, 0.25) is 0 Å². The van der Waals surface area contributed by atoms with E-state index in [1.54, 1.807) is 0 Å². The van der Waals surface area contributed by atoms with Gasteiger partial charge in [-0.3, -0.25) is 4.79 Å². The molecule has 1 aromatic heterocycles. The van der Waals surface area contributed by atoms with Crippen LogP contribution >= 0.6 is 0 Å². The Balaban J connectivity index is 1.23. The third-order valence-electron chi connectivity index (χ3n) is 5.66. The van der Waals surface area contributed by atoms with Crippen LogP contribution in [0, 0.1) is 0 Å². The number of nitrogens with zero attached hydrogens (tertiary/aromatic N) is 4. The standard InChI is InChI=1S/C22H24N6O/c29-21(24-20-10-4-6-15-5-1-2-9-19(15)20)14-23-17-8-3-7-16(13-17)22-25-26-27-28(22)18-11-12-18/h1-3,5,7-9,13,18,20,23H,4,6,10-12,14H2,(H,24,29)/t20-/m1/s1. The van der Waals surface area contributed by atoms with Crippen molar-refractivity contribution in [2.24, 2.45) is 0 Å². The van der Waals surface area contributed by atoms with Gasteiger partial charge in [0.25, 0.3) is 0 Å². The lowest BCUT2D eigenvalue weighted by atomic mass is 9.88. The Bertz CT molecular complexity index is 1030. The molecular formula is C22H24N6O. The van der Waals surface area contributed by atoms with Gasteiger partial charge in [0.15, 0.2) is 5.82 Å². The van der Waals surface area contributed by atoms with Gasteiger partial charge < -0.3 is 10.6 Å². The molecule has 1 amide bonds. The number of hydrogen-bond acceptors (Lipinski definition) is 5. The highest BCUT2D eigenvalue weighted by Gasteiger charge is 2.28. The monoisotopic (exact) mass is 388 g/mol. The molecule has 2 aliphatic rings. The molecular weight excluding hydrogens is 364 g/mol. The number of fused-ring (bicyclic) bond motifs is 1. The zero-order chi connectivity index (χ0) is 19.6. The van der Waals surface area contributed by atoms with Gasteiger partial charge in [-0.25, -0.2) is 4.68 Å². The van der Waals surface area contributed by atoms with Crippen LogP contribution in [0.1, 0.15) is 48.9 Å². The summed E-state index contributed by atoms with van der Waals surface area (Å²) in [4.78, 5) is 12.5. The quantitative estimate of drug-likeness (QED) is 0.677. The number of aryl methyl sites for hydroxylation is 1. The molecule has 1 atom stereocenters. The Morgan fingerprint density at radius 1 is 1.10 bits per heavy atom. The van der Waals surface area contributed by atoms with E-state index in [0.717, 1.165) is 49.2 Å². The molecule has 7 nitrogen and oxygen atoms in total. The van der Waals surface area contributed by atoms with Crippen LogP contribution in [0.5, 0.6) is 0 Å². The largest absolute Gasteiger partial charge is 0.376 e. The van der Waals surface area contributed by atoms with E-state index < -0.39 is 0 Å². The predicted molar refractivity (Wildman–Crippen MR) is 110 cm³/mol. The Hall–Kier alpha value is -3.22. The lowest BCUT2D eigenvalue weighted by Gasteiger charge is -2.26. The first kappa shape index (κ1) is 17.8. The van der Waals surface area contributed by atoms with E-state index in [0.29, 0.717) is 6.04 Å². The Kier molecular flexibility index (Phi) is 4.71. The van der Waals surface area contributed by atoms with E-state index in [-0.39, 0.29) is 18.5 Å². The number of aromatic nitrogens is 4. The number of amides is 1. The molecule has 29 heavy (non-hydrogen) atoms. The van der Waals surface area contributed by atoms with Gasteiger partial charge in [0, 0.05) is 11.3 Å². The van der Waals surface area contributed by atoms with Crippen LogP contribution in [-0.2, 0) is 11.2 Å². The number of carbonyl (C=O) groups is 1. The zero-order valence-electron chi connectivity index (χ0n) is 16.2. The fourth-order valence-electron chi connectivity index (χ4n) is 4.05. The second-order valence-corrected chi connectivity index (χ2v) is 7.82. The Morgan fingerprint density at radius 3 is 2.90 bits per heavy atom. The van der Waals surface area contributed by atoms with Gasteiger partial charge in [-0.1, -0.05) is 36.4 Å². The fraction of sp³-hybridized carbons (Fsp3) is 0.364. The summed E-state index contributed by atoms with van der Waals surface area (Å²) in [5.74, 6) is 0.777. The number of carbonyl (C=O) groups excluding carboxylic acids is 1. The average Bonchev–Trinajstić information content (AvgIpc) is 3.49. The molecule has 0 spiro atoms. The molecule has 2 N–H and O–H groups in total. The number of benzene rings is 2. The van der Waals surface area contributed by atoms with Gasteiger partial charge in [0.05, 0.1) is 18.6 Å². The summed E-state index contributed by atoms with van der Waals surface area (Å²) in [6.45, 7) is 0.232. The van der Waals surface area contributed by atoms with Crippen LogP contribution < -0.4 is 10.6 Å². The highest BCUT2D eigenvalue weighted by Crippen LogP contribution is 2.36. The van der Waals surface area contributed by atoms with Crippen molar-refractivity contribution in [3.05, 3.63) is 59.7 Å². The smallest absolute Gasteiger partial charge is 0.239 e. The number of tetrazole rings is 1. The number of nitrogens with one attached hydrogen (secondary N) is 2. The molecule has 0 radical (unpaired) electrons. The van der Waals surface area contributed by atoms with E-state index in [9.17, 15) is 4.79 Å². The minimum atomic E-state index is -0.0000741. The summed E-state index contributed by atoms with van der Waals surface area (Å²) < 4.78 is 1.90. The summed E-state index contributed by atoms with van der Waals surface area (Å²) in [6.07, 6.45) is 5.43. The molecule has 3 aromatic rings. The molecule has 1 fully saturated rings. The topological polar surface area (TPSA) is 84.7 Å². The maximum absolute atomic E-state index is 12.5. The molecule has 148 valence electrons. The Morgan fingerprint density at radius 2 is 2.00 bits per heavy atom. The normalized spacial score (nSPS) is 18.1. The molecule has 1 heterocycles. The lowest BCUT2D eigenvalue weighted by Crippen LogP contribution is -2.35. The van der Waals surface area contributed by atoms with Crippen LogP contribution in [0.25, 0.3) is 11.4 Å². The van der Waals surface area contributed by atoms with Crippen molar-refractivity contribution in [2.75, 3.05) is 11.9 Å². The summed E-state index contributed by atoms with van der Waals surface area (Å²) in [6, 6.07) is 16.8. The first-order chi connectivity index (χ1) is 14.3. The minimum Gasteiger partial charge on any atom is -0.376 e. The SMILES string of the molecule is O=C(CNc1cccc(-c2nnnn2C2CC2)c1)N[C@@H]1CCCc2ccccc21. The number of hydrogen-bond donors (Lipinski definition) is 2. The van der Waals surface area contributed by atoms with Crippen molar-refractivity contribution >= 4 is 11.6 Å². The minimum absolute atomic E-state index is 0.0000741. The highest BCUT2D eigenvalue weighted by atomic mass is 16.2. The summed E-state index contributed by atoms with van der Waals surface area (Å²) in [5, 5.41) is 18.5. The molecule has 1 saturated carbocycles. The zero-order valence-corrected chi connectivity index (χ0v) is 16.2. The van der Waals surface area contributed by atoms with Crippen molar-refractivity contribution < 1.29 is 4.79 Å². The van der Waals surface area contributed by atoms with E-state index in [2.05, 4.69) is 44.4 Å².